The molecule has 1 saturated carbocycles. The molecule has 0 bridgehead atoms. The largest absolute Gasteiger partial charge is 0.369 e. The molecule has 20 heavy (non-hydrogen) atoms. The number of nitrogens with zero attached hydrogens (tertiary/aromatic N) is 2. The van der Waals surface area contributed by atoms with E-state index >= 15 is 0 Å². The third kappa shape index (κ3) is 3.30. The number of hydrogen-bond donors (Lipinski definition) is 1. The zero-order valence-electron chi connectivity index (χ0n) is 12.7. The summed E-state index contributed by atoms with van der Waals surface area (Å²) in [6.45, 7) is 9.26. The molecular weight excluding hydrogens is 250 g/mol. The number of rotatable bonds is 4. The molecule has 1 aliphatic heterocycles. The highest BCUT2D eigenvalue weighted by atomic mass is 16.5. The standard InChI is InChI=1S/C16H25N3O/c1-12-10-19(11-16(2,3)20-12)15-9-17-7-6-13(15)8-18-14-4-5-14/h6-7,9,12,14,18H,4-5,8,10-11H2,1-3H3. The predicted octanol–water partition coefficient (Wildman–Crippen LogP) is 2.34. The van der Waals surface area contributed by atoms with Crippen LogP contribution in [0.4, 0.5) is 5.69 Å². The van der Waals surface area contributed by atoms with Crippen molar-refractivity contribution < 1.29 is 4.74 Å². The van der Waals surface area contributed by atoms with Crippen LogP contribution < -0.4 is 10.2 Å². The fourth-order valence-electron chi connectivity index (χ4n) is 3.03. The summed E-state index contributed by atoms with van der Waals surface area (Å²) in [5.74, 6) is 0. The van der Waals surface area contributed by atoms with Crippen molar-refractivity contribution in [1.82, 2.24) is 10.3 Å². The van der Waals surface area contributed by atoms with Gasteiger partial charge in [-0.1, -0.05) is 0 Å². The highest BCUT2D eigenvalue weighted by molar-refractivity contribution is 5.52. The minimum Gasteiger partial charge on any atom is -0.369 e. The summed E-state index contributed by atoms with van der Waals surface area (Å²) in [6, 6.07) is 2.87. The highest BCUT2D eigenvalue weighted by Crippen LogP contribution is 2.28. The molecule has 1 saturated heterocycles. The monoisotopic (exact) mass is 275 g/mol. The van der Waals surface area contributed by atoms with E-state index in [0.717, 1.165) is 25.7 Å². The minimum absolute atomic E-state index is 0.102. The molecule has 2 fully saturated rings. The average molecular weight is 275 g/mol. The molecule has 110 valence electrons. The molecule has 1 aromatic heterocycles. The van der Waals surface area contributed by atoms with Crippen molar-refractivity contribution in [1.29, 1.82) is 0 Å². The Morgan fingerprint density at radius 3 is 2.95 bits per heavy atom. The van der Waals surface area contributed by atoms with Crippen LogP contribution in [0.15, 0.2) is 18.5 Å². The van der Waals surface area contributed by atoms with Gasteiger partial charge in [0, 0.05) is 31.9 Å². The zero-order chi connectivity index (χ0) is 14.2. The lowest BCUT2D eigenvalue weighted by molar-refractivity contribution is -0.0750. The van der Waals surface area contributed by atoms with Gasteiger partial charge < -0.3 is 15.0 Å². The fraction of sp³-hybridized carbons (Fsp3) is 0.688. The predicted molar refractivity (Wildman–Crippen MR) is 80.9 cm³/mol. The topological polar surface area (TPSA) is 37.4 Å². The molecule has 0 spiro atoms. The molecule has 1 aliphatic carbocycles. The Labute approximate surface area is 121 Å². The lowest BCUT2D eigenvalue weighted by atomic mass is 10.0. The average Bonchev–Trinajstić information content (AvgIpc) is 3.18. The molecule has 1 N–H and O–H groups in total. The molecular formula is C16H25N3O. The molecule has 2 heterocycles. The van der Waals surface area contributed by atoms with Gasteiger partial charge in [0.2, 0.25) is 0 Å². The third-order valence-corrected chi connectivity index (χ3v) is 3.96. The molecule has 3 rings (SSSR count). The first-order valence-electron chi connectivity index (χ1n) is 7.62. The summed E-state index contributed by atoms with van der Waals surface area (Å²) in [5.41, 5.74) is 2.50. The van der Waals surface area contributed by atoms with E-state index in [1.807, 2.05) is 12.4 Å². The van der Waals surface area contributed by atoms with E-state index in [9.17, 15) is 0 Å². The van der Waals surface area contributed by atoms with E-state index in [2.05, 4.69) is 42.0 Å². The van der Waals surface area contributed by atoms with Crippen LogP contribution >= 0.6 is 0 Å². The number of morpholine rings is 1. The number of anilines is 1. The van der Waals surface area contributed by atoms with Crippen molar-refractivity contribution in [2.45, 2.75) is 57.9 Å². The van der Waals surface area contributed by atoms with E-state index in [1.54, 1.807) is 0 Å². The van der Waals surface area contributed by atoms with Crippen LogP contribution in [-0.2, 0) is 11.3 Å². The Bertz CT molecular complexity index is 471. The van der Waals surface area contributed by atoms with Crippen LogP contribution in [0.25, 0.3) is 0 Å². The number of aromatic nitrogens is 1. The van der Waals surface area contributed by atoms with Gasteiger partial charge in [-0.15, -0.1) is 0 Å². The first kappa shape index (κ1) is 13.8. The summed E-state index contributed by atoms with van der Waals surface area (Å²) in [6.07, 6.45) is 6.79. The van der Waals surface area contributed by atoms with Crippen LogP contribution in [0.5, 0.6) is 0 Å². The number of ether oxygens (including phenoxy) is 1. The van der Waals surface area contributed by atoms with E-state index < -0.39 is 0 Å². The van der Waals surface area contributed by atoms with Gasteiger partial charge in [0.1, 0.15) is 0 Å². The molecule has 0 aromatic carbocycles. The Balaban J connectivity index is 1.77. The molecule has 1 unspecified atom stereocenters. The quantitative estimate of drug-likeness (QED) is 0.915. The molecule has 4 nitrogen and oxygen atoms in total. The van der Waals surface area contributed by atoms with Gasteiger partial charge in [0.05, 0.1) is 23.6 Å². The van der Waals surface area contributed by atoms with E-state index in [-0.39, 0.29) is 11.7 Å². The molecule has 4 heteroatoms. The molecule has 1 atom stereocenters. The van der Waals surface area contributed by atoms with Crippen molar-refractivity contribution in [3.63, 3.8) is 0 Å². The first-order valence-corrected chi connectivity index (χ1v) is 7.62. The molecule has 0 amide bonds. The second-order valence-electron chi connectivity index (χ2n) is 6.73. The Morgan fingerprint density at radius 2 is 2.25 bits per heavy atom. The van der Waals surface area contributed by atoms with Crippen molar-refractivity contribution >= 4 is 5.69 Å². The van der Waals surface area contributed by atoms with Gasteiger partial charge in [-0.2, -0.15) is 0 Å². The van der Waals surface area contributed by atoms with Crippen molar-refractivity contribution in [2.24, 2.45) is 0 Å². The Morgan fingerprint density at radius 1 is 1.45 bits per heavy atom. The maximum atomic E-state index is 6.00. The van der Waals surface area contributed by atoms with Crippen molar-refractivity contribution in [3.8, 4) is 0 Å². The van der Waals surface area contributed by atoms with Crippen LogP contribution in [0.2, 0.25) is 0 Å². The van der Waals surface area contributed by atoms with Gasteiger partial charge in [-0.25, -0.2) is 0 Å². The summed E-state index contributed by atoms with van der Waals surface area (Å²) in [4.78, 5) is 6.75. The minimum atomic E-state index is -0.102. The zero-order valence-corrected chi connectivity index (χ0v) is 12.7. The van der Waals surface area contributed by atoms with Crippen LogP contribution in [-0.4, -0.2) is 35.8 Å². The van der Waals surface area contributed by atoms with Crippen LogP contribution in [0.1, 0.15) is 39.2 Å². The fourth-order valence-corrected chi connectivity index (χ4v) is 3.03. The van der Waals surface area contributed by atoms with Gasteiger partial charge >= 0.3 is 0 Å². The summed E-state index contributed by atoms with van der Waals surface area (Å²) in [5, 5.41) is 3.60. The highest BCUT2D eigenvalue weighted by Gasteiger charge is 2.32. The third-order valence-electron chi connectivity index (χ3n) is 3.96. The lowest BCUT2D eigenvalue weighted by Crippen LogP contribution is -2.52. The smallest absolute Gasteiger partial charge is 0.0805 e. The van der Waals surface area contributed by atoms with Gasteiger partial charge in [-0.3, -0.25) is 4.98 Å². The van der Waals surface area contributed by atoms with Crippen LogP contribution in [0, 0.1) is 0 Å². The number of pyridine rings is 1. The van der Waals surface area contributed by atoms with E-state index in [0.29, 0.717) is 0 Å². The molecule has 2 aliphatic rings. The van der Waals surface area contributed by atoms with Crippen LogP contribution in [0.3, 0.4) is 0 Å². The van der Waals surface area contributed by atoms with Gasteiger partial charge in [0.15, 0.2) is 0 Å². The second-order valence-corrected chi connectivity index (χ2v) is 6.73. The SMILES string of the molecule is CC1CN(c2cnccc2CNC2CC2)CC(C)(C)O1. The van der Waals surface area contributed by atoms with Gasteiger partial charge in [-0.05, 0) is 45.2 Å². The number of nitrogens with one attached hydrogen (secondary N) is 1. The summed E-state index contributed by atoms with van der Waals surface area (Å²) >= 11 is 0. The Kier molecular flexibility index (Phi) is 3.69. The molecule has 0 radical (unpaired) electrons. The van der Waals surface area contributed by atoms with Crippen molar-refractivity contribution in [2.75, 3.05) is 18.0 Å². The summed E-state index contributed by atoms with van der Waals surface area (Å²) < 4.78 is 6.00. The first-order chi connectivity index (χ1) is 9.53. The number of hydrogen-bond acceptors (Lipinski definition) is 4. The molecule has 1 aromatic rings. The normalized spacial score (nSPS) is 25.8. The maximum Gasteiger partial charge on any atom is 0.0805 e. The Hall–Kier alpha value is -1.13. The lowest BCUT2D eigenvalue weighted by Gasteiger charge is -2.43. The van der Waals surface area contributed by atoms with Gasteiger partial charge in [0.25, 0.3) is 0 Å². The maximum absolute atomic E-state index is 6.00. The summed E-state index contributed by atoms with van der Waals surface area (Å²) in [7, 11) is 0. The van der Waals surface area contributed by atoms with Crippen molar-refractivity contribution in [3.05, 3.63) is 24.0 Å². The second kappa shape index (κ2) is 5.34. The van der Waals surface area contributed by atoms with E-state index in [4.69, 9.17) is 4.74 Å². The van der Waals surface area contributed by atoms with E-state index in [1.165, 1.54) is 24.1 Å².